The Bertz CT molecular complexity index is 777. The standard InChI is InChI=1S/C12H9Cl2NO4S3/c13-8-2-1-7(5-9(8)14)6-10-11(16)15(12(20)21-10)3-4-22(17,18)19/h1-2,5-6H,3-4H2,(H,17,18,19)/p-1/b10-6-. The minimum atomic E-state index is -4.41. The van der Waals surface area contributed by atoms with Gasteiger partial charge in [0.1, 0.15) is 4.32 Å². The molecule has 0 radical (unpaired) electrons. The summed E-state index contributed by atoms with van der Waals surface area (Å²) in [5, 5.41) is 0.746. The van der Waals surface area contributed by atoms with E-state index in [1.807, 2.05) is 0 Å². The van der Waals surface area contributed by atoms with Crippen molar-refractivity contribution in [3.05, 3.63) is 38.7 Å². The summed E-state index contributed by atoms with van der Waals surface area (Å²) in [4.78, 5) is 13.6. The topological polar surface area (TPSA) is 77.5 Å². The van der Waals surface area contributed by atoms with Crippen LogP contribution in [-0.4, -0.2) is 40.4 Å². The van der Waals surface area contributed by atoms with Gasteiger partial charge in [-0.3, -0.25) is 9.69 Å². The number of thioether (sulfide) groups is 1. The molecule has 1 aromatic carbocycles. The predicted molar refractivity (Wildman–Crippen MR) is 90.9 cm³/mol. The van der Waals surface area contributed by atoms with Crippen molar-refractivity contribution in [2.24, 2.45) is 0 Å². The number of halogens is 2. The van der Waals surface area contributed by atoms with E-state index in [4.69, 9.17) is 35.4 Å². The van der Waals surface area contributed by atoms with Gasteiger partial charge in [0.05, 0.1) is 30.8 Å². The van der Waals surface area contributed by atoms with Gasteiger partial charge < -0.3 is 4.55 Å². The summed E-state index contributed by atoms with van der Waals surface area (Å²) >= 11 is 17.8. The number of rotatable bonds is 4. The fraction of sp³-hybridized carbons (Fsp3) is 0.167. The van der Waals surface area contributed by atoms with Crippen LogP contribution in [0, 0.1) is 0 Å². The van der Waals surface area contributed by atoms with Crippen molar-refractivity contribution in [1.82, 2.24) is 4.90 Å². The van der Waals surface area contributed by atoms with Gasteiger partial charge in [0.25, 0.3) is 5.91 Å². The lowest BCUT2D eigenvalue weighted by Gasteiger charge is -2.15. The molecule has 0 atom stereocenters. The van der Waals surface area contributed by atoms with Gasteiger partial charge in [0.15, 0.2) is 0 Å². The van der Waals surface area contributed by atoms with Crippen molar-refractivity contribution in [3.8, 4) is 0 Å². The van der Waals surface area contributed by atoms with Gasteiger partial charge in [-0.2, -0.15) is 0 Å². The number of carbonyl (C=O) groups is 1. The molecule has 1 fully saturated rings. The Hall–Kier alpha value is -0.640. The second-order valence-electron chi connectivity index (χ2n) is 4.27. The Morgan fingerprint density at radius 3 is 2.59 bits per heavy atom. The van der Waals surface area contributed by atoms with E-state index in [1.54, 1.807) is 24.3 Å². The largest absolute Gasteiger partial charge is 0.748 e. The average Bonchev–Trinajstić information content (AvgIpc) is 2.66. The molecule has 0 N–H and O–H groups in total. The third-order valence-corrected chi connectivity index (χ3v) is 5.48. The lowest BCUT2D eigenvalue weighted by Crippen LogP contribution is -2.32. The summed E-state index contributed by atoms with van der Waals surface area (Å²) in [5.41, 5.74) is 0.659. The third kappa shape index (κ3) is 4.43. The van der Waals surface area contributed by atoms with E-state index in [1.165, 1.54) is 0 Å². The maximum Gasteiger partial charge on any atom is 0.266 e. The highest BCUT2D eigenvalue weighted by molar-refractivity contribution is 8.26. The van der Waals surface area contributed by atoms with Crippen LogP contribution in [0.2, 0.25) is 10.0 Å². The fourth-order valence-electron chi connectivity index (χ4n) is 1.65. The maximum atomic E-state index is 12.2. The molecule has 0 aromatic heterocycles. The minimum Gasteiger partial charge on any atom is -0.748 e. The molecule has 1 aliphatic rings. The van der Waals surface area contributed by atoms with Crippen molar-refractivity contribution in [1.29, 1.82) is 0 Å². The molecule has 0 spiro atoms. The molecular weight excluding hydrogens is 389 g/mol. The minimum absolute atomic E-state index is 0.208. The monoisotopic (exact) mass is 396 g/mol. The molecule has 1 amide bonds. The van der Waals surface area contributed by atoms with E-state index in [0.29, 0.717) is 20.5 Å². The first kappa shape index (κ1) is 17.7. The number of hydrogen-bond donors (Lipinski definition) is 0. The van der Waals surface area contributed by atoms with Gasteiger partial charge >= 0.3 is 0 Å². The summed E-state index contributed by atoms with van der Waals surface area (Å²) in [7, 11) is -4.41. The molecule has 0 unspecified atom stereocenters. The van der Waals surface area contributed by atoms with E-state index in [2.05, 4.69) is 0 Å². The van der Waals surface area contributed by atoms with E-state index < -0.39 is 21.8 Å². The number of carbonyl (C=O) groups excluding carboxylic acids is 1. The van der Waals surface area contributed by atoms with Crippen molar-refractivity contribution in [3.63, 3.8) is 0 Å². The van der Waals surface area contributed by atoms with Crippen LogP contribution >= 0.6 is 47.2 Å². The zero-order valence-electron chi connectivity index (χ0n) is 10.8. The first-order chi connectivity index (χ1) is 10.2. The molecule has 1 saturated heterocycles. The van der Waals surface area contributed by atoms with E-state index >= 15 is 0 Å². The lowest BCUT2D eigenvalue weighted by atomic mass is 10.2. The summed E-state index contributed by atoms with van der Waals surface area (Å²) in [5.74, 6) is -1.12. The van der Waals surface area contributed by atoms with Crippen molar-refractivity contribution in [2.75, 3.05) is 12.3 Å². The Balaban J connectivity index is 2.20. The van der Waals surface area contributed by atoms with Crippen LogP contribution in [-0.2, 0) is 14.9 Å². The quantitative estimate of drug-likeness (QED) is 0.442. The Morgan fingerprint density at radius 1 is 1.32 bits per heavy atom. The number of hydrogen-bond acceptors (Lipinski definition) is 6. The van der Waals surface area contributed by atoms with Crippen LogP contribution in [0.3, 0.4) is 0 Å². The highest BCUT2D eigenvalue weighted by Gasteiger charge is 2.31. The van der Waals surface area contributed by atoms with Crippen molar-refractivity contribution >= 4 is 73.6 Å². The third-order valence-electron chi connectivity index (χ3n) is 2.68. The highest BCUT2D eigenvalue weighted by atomic mass is 35.5. The van der Waals surface area contributed by atoms with Gasteiger partial charge in [-0.25, -0.2) is 8.42 Å². The van der Waals surface area contributed by atoms with Crippen LogP contribution < -0.4 is 0 Å². The molecule has 0 aliphatic carbocycles. The van der Waals surface area contributed by atoms with Crippen molar-refractivity contribution in [2.45, 2.75) is 0 Å². The zero-order chi connectivity index (χ0) is 16.5. The van der Waals surface area contributed by atoms with Gasteiger partial charge in [0.2, 0.25) is 0 Å². The van der Waals surface area contributed by atoms with Crippen LogP contribution in [0.4, 0.5) is 0 Å². The summed E-state index contributed by atoms with van der Waals surface area (Å²) in [6, 6.07) is 4.88. The van der Waals surface area contributed by atoms with E-state index in [9.17, 15) is 17.8 Å². The highest BCUT2D eigenvalue weighted by Crippen LogP contribution is 2.33. The normalized spacial score (nSPS) is 17.6. The smallest absolute Gasteiger partial charge is 0.266 e. The first-order valence-electron chi connectivity index (χ1n) is 5.81. The summed E-state index contributed by atoms with van der Waals surface area (Å²) in [6.45, 7) is -0.255. The second-order valence-corrected chi connectivity index (χ2v) is 8.28. The van der Waals surface area contributed by atoms with Crippen LogP contribution in [0.5, 0.6) is 0 Å². The molecule has 2 rings (SSSR count). The zero-order valence-corrected chi connectivity index (χ0v) is 14.7. The lowest BCUT2D eigenvalue weighted by molar-refractivity contribution is -0.121. The average molecular weight is 397 g/mol. The number of nitrogens with zero attached hydrogens (tertiary/aromatic N) is 1. The second kappa shape index (κ2) is 6.86. The Morgan fingerprint density at radius 2 is 2.00 bits per heavy atom. The number of benzene rings is 1. The molecule has 0 bridgehead atoms. The molecule has 10 heteroatoms. The molecular formula is C12H8Cl2NO4S3-. The molecule has 118 valence electrons. The maximum absolute atomic E-state index is 12.2. The predicted octanol–water partition coefficient (Wildman–Crippen LogP) is 2.74. The summed E-state index contributed by atoms with van der Waals surface area (Å²) in [6.07, 6.45) is 1.58. The molecule has 5 nitrogen and oxygen atoms in total. The van der Waals surface area contributed by atoms with Crippen molar-refractivity contribution < 1.29 is 17.8 Å². The van der Waals surface area contributed by atoms with Gasteiger partial charge in [0, 0.05) is 6.54 Å². The van der Waals surface area contributed by atoms with Crippen LogP contribution in [0.1, 0.15) is 5.56 Å². The molecule has 1 aromatic rings. The van der Waals surface area contributed by atoms with Crippen LogP contribution in [0.25, 0.3) is 6.08 Å². The number of thiocarbonyl (C=S) groups is 1. The SMILES string of the molecule is O=C1/C(=C/c2ccc(Cl)c(Cl)c2)SC(=S)N1CCS(=O)(=O)[O-]. The molecule has 1 aliphatic heterocycles. The van der Waals surface area contributed by atoms with Gasteiger partial charge in [-0.05, 0) is 23.8 Å². The van der Waals surface area contributed by atoms with Gasteiger partial charge in [-0.1, -0.05) is 53.2 Å². The number of amides is 1. The van der Waals surface area contributed by atoms with Crippen LogP contribution in [0.15, 0.2) is 23.1 Å². The fourth-order valence-corrected chi connectivity index (χ4v) is 3.67. The first-order valence-corrected chi connectivity index (χ1v) is 9.37. The van der Waals surface area contributed by atoms with E-state index in [-0.39, 0.29) is 10.9 Å². The molecule has 22 heavy (non-hydrogen) atoms. The molecule has 1 heterocycles. The summed E-state index contributed by atoms with van der Waals surface area (Å²) < 4.78 is 32.2. The van der Waals surface area contributed by atoms with Gasteiger partial charge in [-0.15, -0.1) is 0 Å². The molecule has 0 saturated carbocycles. The Labute approximate surface area is 147 Å². The van der Waals surface area contributed by atoms with E-state index in [0.717, 1.165) is 16.7 Å². The Kier molecular flexibility index (Phi) is 5.52.